The van der Waals surface area contributed by atoms with E-state index in [2.05, 4.69) is 5.16 Å². The highest BCUT2D eigenvalue weighted by Crippen LogP contribution is 2.11. The summed E-state index contributed by atoms with van der Waals surface area (Å²) < 4.78 is 41.1. The quantitative estimate of drug-likeness (QED) is 0.584. The van der Waals surface area contributed by atoms with Gasteiger partial charge in [0.15, 0.2) is 6.54 Å². The Morgan fingerprint density at radius 1 is 1.32 bits per heavy atom. The van der Waals surface area contributed by atoms with Crippen molar-refractivity contribution < 1.29 is 32.3 Å². The monoisotopic (exact) mass is 322 g/mol. The van der Waals surface area contributed by atoms with E-state index in [4.69, 9.17) is 4.52 Å². The van der Waals surface area contributed by atoms with Crippen molar-refractivity contribution in [1.82, 2.24) is 10.5 Å². The fourth-order valence-electron chi connectivity index (χ4n) is 2.56. The normalized spacial score (nSPS) is 22.5. The Morgan fingerprint density at radius 3 is 2.50 bits per heavy atom. The van der Waals surface area contributed by atoms with Gasteiger partial charge in [-0.05, 0) is 6.92 Å². The van der Waals surface area contributed by atoms with Gasteiger partial charge in [0.05, 0.1) is 0 Å². The molecular formula is C13H21F3N4O2+2. The van der Waals surface area contributed by atoms with Gasteiger partial charge in [0.25, 0.3) is 5.91 Å². The van der Waals surface area contributed by atoms with Crippen LogP contribution in [0.15, 0.2) is 10.6 Å². The van der Waals surface area contributed by atoms with Crippen molar-refractivity contribution in [2.45, 2.75) is 19.6 Å². The number of amides is 1. The van der Waals surface area contributed by atoms with E-state index in [1.165, 1.54) is 4.90 Å². The Kier molecular flexibility index (Phi) is 5.41. The van der Waals surface area contributed by atoms with Crippen LogP contribution < -0.4 is 15.1 Å². The minimum absolute atomic E-state index is 0.0897. The minimum atomic E-state index is -4.36. The van der Waals surface area contributed by atoms with Crippen LogP contribution in [0, 0.1) is 6.92 Å². The van der Waals surface area contributed by atoms with E-state index >= 15 is 0 Å². The van der Waals surface area contributed by atoms with Gasteiger partial charge in [-0.1, -0.05) is 5.16 Å². The lowest BCUT2D eigenvalue weighted by atomic mass is 10.2. The van der Waals surface area contributed by atoms with Crippen molar-refractivity contribution in [3.05, 3.63) is 17.5 Å². The summed E-state index contributed by atoms with van der Waals surface area (Å²) in [7, 11) is 0. The molecule has 1 aliphatic heterocycles. The number of hydrogen-bond donors (Lipinski definition) is 3. The van der Waals surface area contributed by atoms with E-state index in [0.29, 0.717) is 0 Å². The first-order valence-electron chi connectivity index (χ1n) is 7.24. The summed E-state index contributed by atoms with van der Waals surface area (Å²) in [5, 5.41) is 5.86. The molecule has 0 aromatic carbocycles. The molecule has 6 nitrogen and oxygen atoms in total. The maximum absolute atomic E-state index is 12.0. The molecular weight excluding hydrogens is 301 g/mol. The van der Waals surface area contributed by atoms with Crippen LogP contribution >= 0.6 is 0 Å². The molecule has 124 valence electrons. The molecule has 1 fully saturated rings. The van der Waals surface area contributed by atoms with E-state index in [1.54, 1.807) is 0 Å². The molecule has 1 aromatic rings. The molecule has 0 bridgehead atoms. The lowest BCUT2D eigenvalue weighted by Gasteiger charge is -2.28. The van der Waals surface area contributed by atoms with Crippen molar-refractivity contribution in [1.29, 1.82) is 0 Å². The lowest BCUT2D eigenvalue weighted by Crippen LogP contribution is -3.28. The van der Waals surface area contributed by atoms with Crippen LogP contribution in [0.5, 0.6) is 0 Å². The Bertz CT molecular complexity index is 496. The van der Waals surface area contributed by atoms with Crippen LogP contribution in [0.4, 0.5) is 13.2 Å². The molecule has 2 rings (SSSR count). The third kappa shape index (κ3) is 5.64. The van der Waals surface area contributed by atoms with Gasteiger partial charge in [-0.3, -0.25) is 4.79 Å². The first-order valence-corrected chi connectivity index (χ1v) is 7.24. The van der Waals surface area contributed by atoms with Crippen molar-refractivity contribution >= 4 is 5.91 Å². The molecule has 0 atom stereocenters. The number of halogens is 3. The third-order valence-electron chi connectivity index (χ3n) is 3.67. The highest BCUT2D eigenvalue weighted by Gasteiger charge is 2.30. The molecule has 1 amide bonds. The Morgan fingerprint density at radius 2 is 1.95 bits per heavy atom. The van der Waals surface area contributed by atoms with Gasteiger partial charge in [0, 0.05) is 6.07 Å². The number of nitrogens with one attached hydrogen (secondary N) is 3. The molecule has 1 aliphatic rings. The van der Waals surface area contributed by atoms with Crippen LogP contribution in [-0.4, -0.2) is 56.5 Å². The summed E-state index contributed by atoms with van der Waals surface area (Å²) in [5.74, 6) is 0.225. The highest BCUT2D eigenvalue weighted by atomic mass is 19.4. The maximum Gasteiger partial charge on any atom is 0.405 e. The number of rotatable bonds is 5. The van der Waals surface area contributed by atoms with Crippen LogP contribution in [-0.2, 0) is 11.3 Å². The standard InChI is InChI=1S/C13H19F3N4O2/c1-10-6-11(18-22-10)7-19-2-4-20(5-3-19)8-12(21)17-9-13(14,15)16/h6H,2-5,7-9H2,1H3,(H,17,21)/p+2. The van der Waals surface area contributed by atoms with E-state index in [9.17, 15) is 18.0 Å². The average molecular weight is 322 g/mol. The van der Waals surface area contributed by atoms with Gasteiger partial charge < -0.3 is 19.6 Å². The number of alkyl halides is 3. The summed E-state index contributed by atoms with van der Waals surface area (Å²) in [6.07, 6.45) is -4.36. The summed E-state index contributed by atoms with van der Waals surface area (Å²) >= 11 is 0. The van der Waals surface area contributed by atoms with Gasteiger partial charge in [-0.2, -0.15) is 13.2 Å². The van der Waals surface area contributed by atoms with Gasteiger partial charge in [-0.15, -0.1) is 0 Å². The zero-order chi connectivity index (χ0) is 16.2. The van der Waals surface area contributed by atoms with Gasteiger partial charge in [0.1, 0.15) is 50.7 Å². The second kappa shape index (κ2) is 7.10. The zero-order valence-electron chi connectivity index (χ0n) is 12.4. The molecule has 0 aliphatic carbocycles. The molecule has 3 N–H and O–H groups in total. The third-order valence-corrected chi connectivity index (χ3v) is 3.67. The number of carbonyl (C=O) groups excluding carboxylic acids is 1. The Hall–Kier alpha value is -1.61. The predicted molar refractivity (Wildman–Crippen MR) is 70.3 cm³/mol. The summed E-state index contributed by atoms with van der Waals surface area (Å²) in [6.45, 7) is 4.66. The lowest BCUT2D eigenvalue weighted by molar-refractivity contribution is -1.02. The molecule has 2 heterocycles. The zero-order valence-corrected chi connectivity index (χ0v) is 12.4. The molecule has 22 heavy (non-hydrogen) atoms. The Labute approximate surface area is 126 Å². The SMILES string of the molecule is Cc1cc(C[NH+]2CC[NH+](CC(=O)NCC(F)(F)F)CC2)no1. The Balaban J connectivity index is 1.67. The first kappa shape index (κ1) is 16.8. The summed E-state index contributed by atoms with van der Waals surface area (Å²) in [6, 6.07) is 1.90. The molecule has 0 radical (unpaired) electrons. The number of nitrogens with zero attached hydrogens (tertiary/aromatic N) is 1. The fraction of sp³-hybridized carbons (Fsp3) is 0.692. The highest BCUT2D eigenvalue weighted by molar-refractivity contribution is 5.76. The molecule has 9 heteroatoms. The molecule has 0 spiro atoms. The number of quaternary nitrogens is 2. The predicted octanol–water partition coefficient (Wildman–Crippen LogP) is -2.06. The van der Waals surface area contributed by atoms with E-state index < -0.39 is 18.6 Å². The van der Waals surface area contributed by atoms with Gasteiger partial charge >= 0.3 is 6.18 Å². The number of piperazine rings is 1. The second-order valence-electron chi connectivity index (χ2n) is 5.67. The van der Waals surface area contributed by atoms with Crippen molar-refractivity contribution in [3.63, 3.8) is 0 Å². The van der Waals surface area contributed by atoms with Gasteiger partial charge in [0.2, 0.25) is 0 Å². The summed E-state index contributed by atoms with van der Waals surface area (Å²) in [4.78, 5) is 13.8. The van der Waals surface area contributed by atoms with E-state index in [0.717, 1.165) is 49.1 Å². The molecule has 1 saturated heterocycles. The average Bonchev–Trinajstić information content (AvgIpc) is 2.83. The number of hydrogen-bond acceptors (Lipinski definition) is 3. The first-order chi connectivity index (χ1) is 10.3. The minimum Gasteiger partial charge on any atom is -0.361 e. The van der Waals surface area contributed by atoms with Crippen LogP contribution in [0.3, 0.4) is 0 Å². The van der Waals surface area contributed by atoms with Crippen LogP contribution in [0.2, 0.25) is 0 Å². The van der Waals surface area contributed by atoms with Crippen LogP contribution in [0.25, 0.3) is 0 Å². The molecule has 0 saturated carbocycles. The van der Waals surface area contributed by atoms with Gasteiger partial charge in [-0.25, -0.2) is 0 Å². The largest absolute Gasteiger partial charge is 0.405 e. The van der Waals surface area contributed by atoms with Crippen LogP contribution in [0.1, 0.15) is 11.5 Å². The fourth-order valence-corrected chi connectivity index (χ4v) is 2.56. The van der Waals surface area contributed by atoms with Crippen molar-refractivity contribution in [3.8, 4) is 0 Å². The van der Waals surface area contributed by atoms with Crippen molar-refractivity contribution in [2.24, 2.45) is 0 Å². The van der Waals surface area contributed by atoms with E-state index in [-0.39, 0.29) is 6.54 Å². The molecule has 1 aromatic heterocycles. The number of aryl methyl sites for hydroxylation is 1. The summed E-state index contributed by atoms with van der Waals surface area (Å²) in [5.41, 5.74) is 0.902. The van der Waals surface area contributed by atoms with E-state index in [1.807, 2.05) is 18.3 Å². The molecule has 0 unspecified atom stereocenters. The number of carbonyl (C=O) groups is 1. The topological polar surface area (TPSA) is 64.0 Å². The van der Waals surface area contributed by atoms with Crippen molar-refractivity contribution in [2.75, 3.05) is 39.3 Å². The smallest absolute Gasteiger partial charge is 0.361 e. The second-order valence-corrected chi connectivity index (χ2v) is 5.67. The maximum atomic E-state index is 12.0. The number of aromatic nitrogens is 1.